The molecule has 6 heteroatoms. The van der Waals surface area contributed by atoms with Gasteiger partial charge in [-0.15, -0.1) is 0 Å². The Balaban J connectivity index is 1.87. The van der Waals surface area contributed by atoms with E-state index in [1.54, 1.807) is 30.3 Å². The molecular weight excluding hydrogens is 386 g/mol. The SMILES string of the molecule is CC1CCN(c2ccc(NC(=O)c3cccc(Cl)c3)cc2C(=O)NC(C)C)CC1. The Bertz CT molecular complexity index is 889. The summed E-state index contributed by atoms with van der Waals surface area (Å²) in [7, 11) is 0. The minimum Gasteiger partial charge on any atom is -0.371 e. The van der Waals surface area contributed by atoms with Crippen molar-refractivity contribution in [2.75, 3.05) is 23.3 Å². The van der Waals surface area contributed by atoms with E-state index in [-0.39, 0.29) is 17.9 Å². The summed E-state index contributed by atoms with van der Waals surface area (Å²) in [4.78, 5) is 27.7. The average Bonchev–Trinajstić information content (AvgIpc) is 2.68. The van der Waals surface area contributed by atoms with Crippen molar-refractivity contribution in [3.05, 3.63) is 58.6 Å². The summed E-state index contributed by atoms with van der Waals surface area (Å²) in [6.45, 7) is 7.99. The largest absolute Gasteiger partial charge is 0.371 e. The lowest BCUT2D eigenvalue weighted by atomic mass is 9.97. The van der Waals surface area contributed by atoms with Crippen LogP contribution in [-0.4, -0.2) is 30.9 Å². The first-order valence-electron chi connectivity index (χ1n) is 10.1. The van der Waals surface area contributed by atoms with Gasteiger partial charge >= 0.3 is 0 Å². The van der Waals surface area contributed by atoms with Crippen molar-refractivity contribution < 1.29 is 9.59 Å². The van der Waals surface area contributed by atoms with Crippen LogP contribution in [0.25, 0.3) is 0 Å². The third-order valence-corrected chi connectivity index (χ3v) is 5.37. The monoisotopic (exact) mass is 413 g/mol. The van der Waals surface area contributed by atoms with Crippen LogP contribution in [0.15, 0.2) is 42.5 Å². The van der Waals surface area contributed by atoms with E-state index < -0.39 is 0 Å². The number of anilines is 2. The fourth-order valence-electron chi connectivity index (χ4n) is 3.49. The van der Waals surface area contributed by atoms with E-state index in [1.165, 1.54) is 0 Å². The number of hydrogen-bond donors (Lipinski definition) is 2. The topological polar surface area (TPSA) is 61.4 Å². The number of benzene rings is 2. The van der Waals surface area contributed by atoms with Crippen molar-refractivity contribution in [1.82, 2.24) is 5.32 Å². The first kappa shape index (κ1) is 21.2. The standard InChI is InChI=1S/C23H28ClN3O2/c1-15(2)25-23(29)20-14-19(26-22(28)17-5-4-6-18(24)13-17)7-8-21(20)27-11-9-16(3)10-12-27/h4-8,13-16H,9-12H2,1-3H3,(H,25,29)(H,26,28). The van der Waals surface area contributed by atoms with E-state index in [0.29, 0.717) is 27.8 Å². The van der Waals surface area contributed by atoms with Crippen molar-refractivity contribution in [3.8, 4) is 0 Å². The van der Waals surface area contributed by atoms with Gasteiger partial charge in [-0.25, -0.2) is 0 Å². The lowest BCUT2D eigenvalue weighted by Gasteiger charge is -2.33. The molecule has 5 nitrogen and oxygen atoms in total. The van der Waals surface area contributed by atoms with E-state index in [4.69, 9.17) is 11.6 Å². The first-order valence-corrected chi connectivity index (χ1v) is 10.5. The molecule has 0 saturated carbocycles. The number of carbonyl (C=O) groups is 2. The molecule has 3 rings (SSSR count). The van der Waals surface area contributed by atoms with E-state index in [1.807, 2.05) is 26.0 Å². The second-order valence-corrected chi connectivity index (χ2v) is 8.43. The van der Waals surface area contributed by atoms with Gasteiger partial charge in [0.1, 0.15) is 0 Å². The molecule has 154 valence electrons. The van der Waals surface area contributed by atoms with Gasteiger partial charge in [-0.05, 0) is 69.0 Å². The van der Waals surface area contributed by atoms with Crippen LogP contribution in [0.1, 0.15) is 54.3 Å². The fraction of sp³-hybridized carbons (Fsp3) is 0.391. The summed E-state index contributed by atoms with van der Waals surface area (Å²) >= 11 is 5.99. The maximum atomic E-state index is 12.9. The number of carbonyl (C=O) groups excluding carboxylic acids is 2. The molecule has 0 aromatic heterocycles. The number of nitrogens with one attached hydrogen (secondary N) is 2. The maximum Gasteiger partial charge on any atom is 0.255 e. The van der Waals surface area contributed by atoms with Gasteiger partial charge in [0, 0.05) is 41.1 Å². The average molecular weight is 414 g/mol. The summed E-state index contributed by atoms with van der Waals surface area (Å²) in [6.07, 6.45) is 2.22. The molecule has 1 aliphatic rings. The van der Waals surface area contributed by atoms with E-state index >= 15 is 0 Å². The molecule has 0 unspecified atom stereocenters. The van der Waals surface area contributed by atoms with Crippen molar-refractivity contribution in [1.29, 1.82) is 0 Å². The Kier molecular flexibility index (Phi) is 6.80. The number of halogens is 1. The maximum absolute atomic E-state index is 12.9. The first-order chi connectivity index (χ1) is 13.8. The molecule has 0 bridgehead atoms. The zero-order chi connectivity index (χ0) is 21.0. The van der Waals surface area contributed by atoms with E-state index in [2.05, 4.69) is 22.5 Å². The van der Waals surface area contributed by atoms with Crippen molar-refractivity contribution in [2.24, 2.45) is 5.92 Å². The zero-order valence-corrected chi connectivity index (χ0v) is 17.9. The molecular formula is C23H28ClN3O2. The summed E-state index contributed by atoms with van der Waals surface area (Å²) in [5.41, 5.74) is 2.55. The van der Waals surface area contributed by atoms with Gasteiger partial charge in [0.15, 0.2) is 0 Å². The van der Waals surface area contributed by atoms with Crippen LogP contribution in [-0.2, 0) is 0 Å². The van der Waals surface area contributed by atoms with Gasteiger partial charge in [0.2, 0.25) is 0 Å². The molecule has 2 amide bonds. The fourth-order valence-corrected chi connectivity index (χ4v) is 3.68. The second-order valence-electron chi connectivity index (χ2n) is 7.99. The Morgan fingerprint density at radius 1 is 1.07 bits per heavy atom. The Hall–Kier alpha value is -2.53. The van der Waals surface area contributed by atoms with Crippen LogP contribution in [0.4, 0.5) is 11.4 Å². The van der Waals surface area contributed by atoms with Gasteiger partial charge in [-0.1, -0.05) is 24.6 Å². The number of rotatable bonds is 5. The molecule has 2 aromatic rings. The van der Waals surface area contributed by atoms with Gasteiger partial charge in [0.05, 0.1) is 5.56 Å². The third kappa shape index (κ3) is 5.51. The number of nitrogens with zero attached hydrogens (tertiary/aromatic N) is 1. The van der Waals surface area contributed by atoms with Gasteiger partial charge in [0.25, 0.3) is 11.8 Å². The van der Waals surface area contributed by atoms with Gasteiger partial charge < -0.3 is 15.5 Å². The number of amides is 2. The van der Waals surface area contributed by atoms with Crippen molar-refractivity contribution >= 4 is 34.8 Å². The van der Waals surface area contributed by atoms with E-state index in [0.717, 1.165) is 31.6 Å². The molecule has 2 N–H and O–H groups in total. The predicted octanol–water partition coefficient (Wildman–Crippen LogP) is 4.97. The molecule has 0 spiro atoms. The molecule has 0 aliphatic carbocycles. The number of hydrogen-bond acceptors (Lipinski definition) is 3. The molecule has 1 heterocycles. The van der Waals surface area contributed by atoms with Crippen LogP contribution in [0.5, 0.6) is 0 Å². The van der Waals surface area contributed by atoms with Crippen LogP contribution >= 0.6 is 11.6 Å². The Morgan fingerprint density at radius 2 is 1.79 bits per heavy atom. The molecule has 1 aliphatic heterocycles. The van der Waals surface area contributed by atoms with Crippen molar-refractivity contribution in [2.45, 2.75) is 39.7 Å². The normalized spacial score (nSPS) is 14.7. The van der Waals surface area contributed by atoms with Crippen LogP contribution in [0.3, 0.4) is 0 Å². The van der Waals surface area contributed by atoms with Crippen molar-refractivity contribution in [3.63, 3.8) is 0 Å². The highest BCUT2D eigenvalue weighted by Crippen LogP contribution is 2.29. The highest BCUT2D eigenvalue weighted by Gasteiger charge is 2.22. The highest BCUT2D eigenvalue weighted by atomic mass is 35.5. The Labute approximate surface area is 177 Å². The summed E-state index contributed by atoms with van der Waals surface area (Å²) < 4.78 is 0. The molecule has 2 aromatic carbocycles. The molecule has 0 atom stereocenters. The minimum absolute atomic E-state index is 0.0291. The Morgan fingerprint density at radius 3 is 2.45 bits per heavy atom. The molecule has 1 fully saturated rings. The predicted molar refractivity (Wildman–Crippen MR) is 119 cm³/mol. The second kappa shape index (κ2) is 9.31. The third-order valence-electron chi connectivity index (χ3n) is 5.13. The zero-order valence-electron chi connectivity index (χ0n) is 17.2. The quantitative estimate of drug-likeness (QED) is 0.727. The lowest BCUT2D eigenvalue weighted by molar-refractivity contribution is 0.0942. The smallest absolute Gasteiger partial charge is 0.255 e. The van der Waals surface area contributed by atoms with E-state index in [9.17, 15) is 9.59 Å². The number of piperidine rings is 1. The summed E-state index contributed by atoms with van der Waals surface area (Å²) in [5, 5.41) is 6.35. The summed E-state index contributed by atoms with van der Waals surface area (Å²) in [5.74, 6) is 0.310. The van der Waals surface area contributed by atoms with Crippen LogP contribution < -0.4 is 15.5 Å². The van der Waals surface area contributed by atoms with Crippen LogP contribution in [0.2, 0.25) is 5.02 Å². The van der Waals surface area contributed by atoms with Crippen LogP contribution in [0, 0.1) is 5.92 Å². The molecule has 29 heavy (non-hydrogen) atoms. The molecule has 0 radical (unpaired) electrons. The van der Waals surface area contributed by atoms with Gasteiger partial charge in [-0.2, -0.15) is 0 Å². The lowest BCUT2D eigenvalue weighted by Crippen LogP contribution is -2.36. The highest BCUT2D eigenvalue weighted by molar-refractivity contribution is 6.31. The molecule has 1 saturated heterocycles. The van der Waals surface area contributed by atoms with Gasteiger partial charge in [-0.3, -0.25) is 9.59 Å². The minimum atomic E-state index is -0.262. The summed E-state index contributed by atoms with van der Waals surface area (Å²) in [6, 6.07) is 12.3.